The van der Waals surface area contributed by atoms with Gasteiger partial charge in [0.1, 0.15) is 0 Å². The zero-order valence-corrected chi connectivity index (χ0v) is 13.3. The van der Waals surface area contributed by atoms with Gasteiger partial charge in [-0.15, -0.1) is 24.8 Å². The van der Waals surface area contributed by atoms with E-state index >= 15 is 0 Å². The second kappa shape index (κ2) is 9.81. The summed E-state index contributed by atoms with van der Waals surface area (Å²) in [5, 5.41) is 6.20. The van der Waals surface area contributed by atoms with Gasteiger partial charge in [0.25, 0.3) is 0 Å². The number of nitrogens with one attached hydrogen (secondary N) is 2. The highest BCUT2D eigenvalue weighted by Crippen LogP contribution is 2.23. The van der Waals surface area contributed by atoms with Crippen LogP contribution in [0.15, 0.2) is 0 Å². The first kappa shape index (κ1) is 19.0. The summed E-state index contributed by atoms with van der Waals surface area (Å²) in [4.78, 5) is 13.9. The van der Waals surface area contributed by atoms with Crippen molar-refractivity contribution in [1.29, 1.82) is 0 Å². The van der Waals surface area contributed by atoms with Crippen LogP contribution in [0.3, 0.4) is 0 Å². The van der Waals surface area contributed by atoms with Crippen molar-refractivity contribution in [3.8, 4) is 0 Å². The number of hydrogen-bond acceptors (Lipinski definition) is 3. The van der Waals surface area contributed by atoms with Crippen LogP contribution in [-0.2, 0) is 4.79 Å². The SMILES string of the molecule is CNC(=O)CC1CCN(C2CCCNC2)CC1.Cl.Cl. The molecule has 2 saturated heterocycles. The van der Waals surface area contributed by atoms with Crippen LogP contribution >= 0.6 is 24.8 Å². The molecule has 2 fully saturated rings. The Morgan fingerprint density at radius 3 is 2.47 bits per heavy atom. The molecule has 2 heterocycles. The minimum absolute atomic E-state index is 0. The van der Waals surface area contributed by atoms with E-state index in [0.717, 1.165) is 12.6 Å². The lowest BCUT2D eigenvalue weighted by Gasteiger charge is -2.39. The van der Waals surface area contributed by atoms with Gasteiger partial charge < -0.3 is 10.6 Å². The van der Waals surface area contributed by atoms with Crippen LogP contribution in [0.25, 0.3) is 0 Å². The molecule has 2 N–H and O–H groups in total. The maximum atomic E-state index is 11.3. The molecule has 0 aromatic heterocycles. The van der Waals surface area contributed by atoms with Crippen molar-refractivity contribution in [2.75, 3.05) is 33.2 Å². The van der Waals surface area contributed by atoms with Crippen LogP contribution in [-0.4, -0.2) is 50.1 Å². The van der Waals surface area contributed by atoms with Gasteiger partial charge in [0.15, 0.2) is 0 Å². The van der Waals surface area contributed by atoms with Crippen molar-refractivity contribution < 1.29 is 4.79 Å². The molecule has 0 aromatic rings. The van der Waals surface area contributed by atoms with E-state index in [0.29, 0.717) is 12.3 Å². The summed E-state index contributed by atoms with van der Waals surface area (Å²) in [6, 6.07) is 0.740. The molecule has 6 heteroatoms. The molecule has 2 aliphatic heterocycles. The molecule has 2 aliphatic rings. The van der Waals surface area contributed by atoms with E-state index < -0.39 is 0 Å². The molecule has 0 aliphatic carbocycles. The Morgan fingerprint density at radius 1 is 1.26 bits per heavy atom. The lowest BCUT2D eigenvalue weighted by molar-refractivity contribution is -0.121. The Kier molecular flexibility index (Phi) is 9.79. The third-order valence-electron chi connectivity index (χ3n) is 4.19. The Hall–Kier alpha value is -0.0300. The predicted molar refractivity (Wildman–Crippen MR) is 83.4 cm³/mol. The van der Waals surface area contributed by atoms with E-state index in [-0.39, 0.29) is 30.7 Å². The number of rotatable bonds is 3. The highest BCUT2D eigenvalue weighted by Gasteiger charge is 2.26. The van der Waals surface area contributed by atoms with Crippen LogP contribution in [0.4, 0.5) is 0 Å². The molecular formula is C13H27Cl2N3O. The molecule has 4 nitrogen and oxygen atoms in total. The van der Waals surface area contributed by atoms with E-state index in [2.05, 4.69) is 15.5 Å². The van der Waals surface area contributed by atoms with Gasteiger partial charge in [-0.3, -0.25) is 9.69 Å². The van der Waals surface area contributed by atoms with Crippen molar-refractivity contribution in [3.05, 3.63) is 0 Å². The van der Waals surface area contributed by atoms with Crippen molar-refractivity contribution in [2.45, 2.75) is 38.1 Å². The number of halogens is 2. The lowest BCUT2D eigenvalue weighted by Crippen LogP contribution is -2.49. The average molecular weight is 312 g/mol. The Balaban J connectivity index is 0.00000162. The lowest BCUT2D eigenvalue weighted by atomic mass is 9.91. The van der Waals surface area contributed by atoms with E-state index in [4.69, 9.17) is 0 Å². The second-order valence-corrected chi connectivity index (χ2v) is 5.36. The fraction of sp³-hybridized carbons (Fsp3) is 0.923. The van der Waals surface area contributed by atoms with Crippen LogP contribution < -0.4 is 10.6 Å². The molecule has 1 amide bonds. The molecule has 0 radical (unpaired) electrons. The highest BCUT2D eigenvalue weighted by molar-refractivity contribution is 5.85. The maximum absolute atomic E-state index is 11.3. The Bertz CT molecular complexity index is 252. The van der Waals surface area contributed by atoms with Crippen molar-refractivity contribution in [1.82, 2.24) is 15.5 Å². The van der Waals surface area contributed by atoms with Crippen molar-refractivity contribution in [2.24, 2.45) is 5.92 Å². The number of hydrogen-bond donors (Lipinski definition) is 2. The van der Waals surface area contributed by atoms with Crippen LogP contribution in [0, 0.1) is 5.92 Å². The van der Waals surface area contributed by atoms with E-state index in [1.807, 2.05) is 0 Å². The standard InChI is InChI=1S/C13H25N3O.2ClH/c1-14-13(17)9-11-4-7-16(8-5-11)12-3-2-6-15-10-12;;/h11-12,15H,2-10H2,1H3,(H,14,17);2*1H. The number of carbonyl (C=O) groups is 1. The quantitative estimate of drug-likeness (QED) is 0.829. The minimum Gasteiger partial charge on any atom is -0.359 e. The largest absolute Gasteiger partial charge is 0.359 e. The molecule has 114 valence electrons. The van der Waals surface area contributed by atoms with Gasteiger partial charge in [0.2, 0.25) is 5.91 Å². The summed E-state index contributed by atoms with van der Waals surface area (Å²) in [5.41, 5.74) is 0. The number of amides is 1. The van der Waals surface area contributed by atoms with E-state index in [9.17, 15) is 4.79 Å². The summed E-state index contributed by atoms with van der Waals surface area (Å²) in [5.74, 6) is 0.797. The molecule has 0 saturated carbocycles. The van der Waals surface area contributed by atoms with Crippen molar-refractivity contribution >= 4 is 30.7 Å². The van der Waals surface area contributed by atoms with Crippen molar-refractivity contribution in [3.63, 3.8) is 0 Å². The number of likely N-dealkylation sites (tertiary alicyclic amines) is 1. The van der Waals surface area contributed by atoms with Crippen LogP contribution in [0.5, 0.6) is 0 Å². The maximum Gasteiger partial charge on any atom is 0.220 e. The molecule has 0 spiro atoms. The summed E-state index contributed by atoms with van der Waals surface area (Å²) in [6.45, 7) is 4.69. The second-order valence-electron chi connectivity index (χ2n) is 5.36. The van der Waals surface area contributed by atoms with E-state index in [1.165, 1.54) is 45.3 Å². The Morgan fingerprint density at radius 2 is 1.95 bits per heavy atom. The molecule has 1 unspecified atom stereocenters. The zero-order valence-electron chi connectivity index (χ0n) is 11.7. The summed E-state index contributed by atoms with van der Waals surface area (Å²) in [6.07, 6.45) is 5.73. The first-order valence-corrected chi connectivity index (χ1v) is 6.95. The number of carbonyl (C=O) groups excluding carboxylic acids is 1. The van der Waals surface area contributed by atoms with Gasteiger partial charge in [-0.1, -0.05) is 0 Å². The van der Waals surface area contributed by atoms with Gasteiger partial charge >= 0.3 is 0 Å². The predicted octanol–water partition coefficient (Wildman–Crippen LogP) is 1.43. The normalized spacial score (nSPS) is 25.0. The third-order valence-corrected chi connectivity index (χ3v) is 4.19. The summed E-state index contributed by atoms with van der Waals surface area (Å²) >= 11 is 0. The van der Waals surface area contributed by atoms with Gasteiger partial charge in [-0.25, -0.2) is 0 Å². The Labute approximate surface area is 128 Å². The molecule has 2 rings (SSSR count). The first-order valence-electron chi connectivity index (χ1n) is 6.95. The van der Waals surface area contributed by atoms with Gasteiger partial charge in [0, 0.05) is 26.1 Å². The molecule has 1 atom stereocenters. The smallest absolute Gasteiger partial charge is 0.220 e. The summed E-state index contributed by atoms with van der Waals surface area (Å²) < 4.78 is 0. The topological polar surface area (TPSA) is 44.4 Å². The fourth-order valence-corrected chi connectivity index (χ4v) is 3.03. The minimum atomic E-state index is 0. The van der Waals surface area contributed by atoms with Gasteiger partial charge in [-0.2, -0.15) is 0 Å². The van der Waals surface area contributed by atoms with Crippen LogP contribution in [0.1, 0.15) is 32.1 Å². The zero-order chi connectivity index (χ0) is 12.1. The van der Waals surface area contributed by atoms with Crippen LogP contribution in [0.2, 0.25) is 0 Å². The highest BCUT2D eigenvalue weighted by atomic mass is 35.5. The van der Waals surface area contributed by atoms with E-state index in [1.54, 1.807) is 7.05 Å². The first-order chi connectivity index (χ1) is 8.29. The third kappa shape index (κ3) is 5.86. The molecule has 0 aromatic carbocycles. The number of nitrogens with zero attached hydrogens (tertiary/aromatic N) is 1. The molecule has 0 bridgehead atoms. The fourth-order valence-electron chi connectivity index (χ4n) is 3.03. The monoisotopic (exact) mass is 311 g/mol. The number of piperidine rings is 2. The van der Waals surface area contributed by atoms with Gasteiger partial charge in [0.05, 0.1) is 0 Å². The molecular weight excluding hydrogens is 285 g/mol. The summed E-state index contributed by atoms with van der Waals surface area (Å²) in [7, 11) is 1.73. The van der Waals surface area contributed by atoms with Gasteiger partial charge in [-0.05, 0) is 51.2 Å². The molecule has 19 heavy (non-hydrogen) atoms. The average Bonchev–Trinajstić information content (AvgIpc) is 2.40.